The van der Waals surface area contributed by atoms with Gasteiger partial charge in [0.25, 0.3) is 0 Å². The highest BCUT2D eigenvalue weighted by atomic mass is 35.5. The molecule has 1 aromatic carbocycles. The summed E-state index contributed by atoms with van der Waals surface area (Å²) in [5, 5.41) is 11.6. The van der Waals surface area contributed by atoms with Crippen molar-refractivity contribution in [3.8, 4) is 0 Å². The van der Waals surface area contributed by atoms with E-state index in [9.17, 15) is 9.59 Å². The minimum atomic E-state index is -0.183. The molecule has 136 valence electrons. The second-order valence-electron chi connectivity index (χ2n) is 6.58. The predicted molar refractivity (Wildman–Crippen MR) is 95.8 cm³/mol. The maximum absolute atomic E-state index is 12.3. The van der Waals surface area contributed by atoms with Crippen molar-refractivity contribution in [2.45, 2.75) is 25.4 Å². The zero-order valence-electron chi connectivity index (χ0n) is 14.1. The molecule has 2 fully saturated rings. The van der Waals surface area contributed by atoms with E-state index in [2.05, 4.69) is 15.6 Å². The first kappa shape index (κ1) is 16.8. The SMILES string of the molecule is O=C1CCCN1Cc1cn(C2CN(C(=O)Nc3ccccc3Cl)C2)nn1. The summed E-state index contributed by atoms with van der Waals surface area (Å²) in [6.07, 6.45) is 3.39. The Labute approximate surface area is 155 Å². The Balaban J connectivity index is 1.30. The van der Waals surface area contributed by atoms with Crippen LogP contribution in [0, 0.1) is 0 Å². The number of halogens is 1. The number of carbonyl (C=O) groups excluding carboxylic acids is 2. The molecule has 1 N–H and O–H groups in total. The zero-order valence-corrected chi connectivity index (χ0v) is 14.9. The Morgan fingerprint density at radius 2 is 2.12 bits per heavy atom. The molecule has 1 aromatic heterocycles. The summed E-state index contributed by atoms with van der Waals surface area (Å²) in [6, 6.07) is 7.05. The first-order valence-electron chi connectivity index (χ1n) is 8.59. The number of hydrogen-bond acceptors (Lipinski definition) is 4. The lowest BCUT2D eigenvalue weighted by molar-refractivity contribution is -0.128. The Morgan fingerprint density at radius 3 is 2.85 bits per heavy atom. The Hall–Kier alpha value is -2.61. The minimum absolute atomic E-state index is 0.0996. The van der Waals surface area contributed by atoms with Crippen LogP contribution in [0.3, 0.4) is 0 Å². The van der Waals surface area contributed by atoms with Crippen LogP contribution in [0.15, 0.2) is 30.5 Å². The number of urea groups is 1. The van der Waals surface area contributed by atoms with Gasteiger partial charge in [0, 0.05) is 26.1 Å². The molecule has 0 bridgehead atoms. The van der Waals surface area contributed by atoms with E-state index in [0.29, 0.717) is 36.8 Å². The third-order valence-electron chi connectivity index (χ3n) is 4.72. The fraction of sp³-hybridized carbons (Fsp3) is 0.412. The van der Waals surface area contributed by atoms with Crippen molar-refractivity contribution in [2.75, 3.05) is 25.0 Å². The highest BCUT2D eigenvalue weighted by molar-refractivity contribution is 6.33. The van der Waals surface area contributed by atoms with E-state index in [-0.39, 0.29) is 18.0 Å². The number of para-hydroxylation sites is 1. The second kappa shape index (κ2) is 6.95. The molecule has 4 rings (SSSR count). The molecule has 2 aliphatic rings. The van der Waals surface area contributed by atoms with E-state index < -0.39 is 0 Å². The van der Waals surface area contributed by atoms with Crippen molar-refractivity contribution in [3.63, 3.8) is 0 Å². The van der Waals surface area contributed by atoms with Crippen molar-refractivity contribution in [1.82, 2.24) is 24.8 Å². The summed E-state index contributed by atoms with van der Waals surface area (Å²) in [5.41, 5.74) is 1.38. The molecule has 3 heterocycles. The molecule has 0 saturated carbocycles. The van der Waals surface area contributed by atoms with Crippen LogP contribution in [-0.2, 0) is 11.3 Å². The van der Waals surface area contributed by atoms with Crippen molar-refractivity contribution in [3.05, 3.63) is 41.2 Å². The van der Waals surface area contributed by atoms with E-state index in [1.54, 1.807) is 26.6 Å². The lowest BCUT2D eigenvalue weighted by atomic mass is 10.1. The van der Waals surface area contributed by atoms with Crippen LogP contribution < -0.4 is 5.32 Å². The molecule has 3 amide bonds. The first-order chi connectivity index (χ1) is 12.6. The smallest absolute Gasteiger partial charge is 0.322 e. The van der Waals surface area contributed by atoms with E-state index in [4.69, 9.17) is 11.6 Å². The molecule has 0 atom stereocenters. The van der Waals surface area contributed by atoms with Gasteiger partial charge in [-0.1, -0.05) is 28.9 Å². The van der Waals surface area contributed by atoms with Gasteiger partial charge in [0.05, 0.1) is 29.5 Å². The maximum Gasteiger partial charge on any atom is 0.322 e. The molecule has 2 aromatic rings. The Morgan fingerprint density at radius 1 is 1.31 bits per heavy atom. The summed E-state index contributed by atoms with van der Waals surface area (Å²) >= 11 is 6.06. The maximum atomic E-state index is 12.3. The third-order valence-corrected chi connectivity index (χ3v) is 5.05. The molecule has 26 heavy (non-hydrogen) atoms. The third kappa shape index (κ3) is 3.37. The number of nitrogens with one attached hydrogen (secondary N) is 1. The largest absolute Gasteiger partial charge is 0.337 e. The fourth-order valence-corrected chi connectivity index (χ4v) is 3.36. The number of benzene rings is 1. The topological polar surface area (TPSA) is 83.4 Å². The average molecular weight is 375 g/mol. The van der Waals surface area contributed by atoms with Crippen LogP contribution in [0.5, 0.6) is 0 Å². The Bertz CT molecular complexity index is 832. The molecule has 0 unspecified atom stereocenters. The lowest BCUT2D eigenvalue weighted by Gasteiger charge is -2.38. The van der Waals surface area contributed by atoms with Gasteiger partial charge in [-0.3, -0.25) is 4.79 Å². The van der Waals surface area contributed by atoms with Crippen molar-refractivity contribution in [2.24, 2.45) is 0 Å². The van der Waals surface area contributed by atoms with Crippen LogP contribution >= 0.6 is 11.6 Å². The zero-order chi connectivity index (χ0) is 18.1. The van der Waals surface area contributed by atoms with Gasteiger partial charge in [-0.25, -0.2) is 9.48 Å². The highest BCUT2D eigenvalue weighted by Crippen LogP contribution is 2.25. The first-order valence-corrected chi connectivity index (χ1v) is 8.97. The Kier molecular flexibility index (Phi) is 4.50. The van der Waals surface area contributed by atoms with E-state index >= 15 is 0 Å². The molecule has 2 aliphatic heterocycles. The van der Waals surface area contributed by atoms with Gasteiger partial charge >= 0.3 is 6.03 Å². The van der Waals surface area contributed by atoms with E-state index in [0.717, 1.165) is 18.7 Å². The summed E-state index contributed by atoms with van der Waals surface area (Å²) in [7, 11) is 0. The van der Waals surface area contributed by atoms with Crippen LogP contribution in [0.2, 0.25) is 5.02 Å². The van der Waals surface area contributed by atoms with Gasteiger partial charge in [-0.05, 0) is 18.6 Å². The van der Waals surface area contributed by atoms with Crippen LogP contribution in [0.1, 0.15) is 24.6 Å². The molecular weight excluding hydrogens is 356 g/mol. The van der Waals surface area contributed by atoms with E-state index in [1.807, 2.05) is 18.3 Å². The average Bonchev–Trinajstić information content (AvgIpc) is 3.19. The van der Waals surface area contributed by atoms with Crippen LogP contribution in [-0.4, -0.2) is 56.4 Å². The lowest BCUT2D eigenvalue weighted by Crippen LogP contribution is -2.52. The summed E-state index contributed by atoms with van der Waals surface area (Å²) in [4.78, 5) is 27.4. The number of rotatable bonds is 4. The summed E-state index contributed by atoms with van der Waals surface area (Å²) in [5.74, 6) is 0.172. The predicted octanol–water partition coefficient (Wildman–Crippen LogP) is 2.14. The summed E-state index contributed by atoms with van der Waals surface area (Å²) in [6.45, 7) is 2.40. The van der Waals surface area contributed by atoms with Crippen LogP contribution in [0.4, 0.5) is 10.5 Å². The van der Waals surface area contributed by atoms with Crippen LogP contribution in [0.25, 0.3) is 0 Å². The fourth-order valence-electron chi connectivity index (χ4n) is 3.18. The highest BCUT2D eigenvalue weighted by Gasteiger charge is 2.33. The number of hydrogen-bond donors (Lipinski definition) is 1. The van der Waals surface area contributed by atoms with Crippen molar-refractivity contribution in [1.29, 1.82) is 0 Å². The van der Waals surface area contributed by atoms with Gasteiger partial charge in [-0.15, -0.1) is 5.10 Å². The number of nitrogens with zero attached hydrogens (tertiary/aromatic N) is 5. The number of carbonyl (C=O) groups is 2. The molecule has 0 radical (unpaired) electrons. The number of likely N-dealkylation sites (tertiary alicyclic amines) is 2. The number of aromatic nitrogens is 3. The standard InChI is InChI=1S/C17H19ClN6O2/c18-14-4-1-2-5-15(14)19-17(26)23-10-13(11-23)24-9-12(20-21-24)8-22-7-3-6-16(22)25/h1-2,4-5,9,13H,3,6-8,10-11H2,(H,19,26). The molecule has 2 saturated heterocycles. The monoisotopic (exact) mass is 374 g/mol. The minimum Gasteiger partial charge on any atom is -0.337 e. The van der Waals surface area contributed by atoms with Gasteiger partial charge in [0.1, 0.15) is 5.69 Å². The van der Waals surface area contributed by atoms with E-state index in [1.165, 1.54) is 0 Å². The second-order valence-corrected chi connectivity index (χ2v) is 6.98. The normalized spacial score (nSPS) is 17.5. The van der Waals surface area contributed by atoms with Gasteiger partial charge in [0.15, 0.2) is 0 Å². The molecule has 0 aliphatic carbocycles. The van der Waals surface area contributed by atoms with Crippen molar-refractivity contribution < 1.29 is 9.59 Å². The number of anilines is 1. The molecule has 0 spiro atoms. The number of amides is 3. The van der Waals surface area contributed by atoms with Crippen molar-refractivity contribution >= 4 is 29.2 Å². The summed E-state index contributed by atoms with van der Waals surface area (Å²) < 4.78 is 1.77. The van der Waals surface area contributed by atoms with Gasteiger partial charge in [-0.2, -0.15) is 0 Å². The van der Waals surface area contributed by atoms with Gasteiger partial charge < -0.3 is 15.1 Å². The molecule has 8 nitrogen and oxygen atoms in total. The quantitative estimate of drug-likeness (QED) is 0.888. The molecular formula is C17H19ClN6O2. The molecule has 9 heteroatoms. The van der Waals surface area contributed by atoms with Gasteiger partial charge in [0.2, 0.25) is 5.91 Å².